The molecular weight excluding hydrogens is 310 g/mol. The van der Waals surface area contributed by atoms with Crippen molar-refractivity contribution in [1.82, 2.24) is 5.32 Å². The first-order valence-corrected chi connectivity index (χ1v) is 7.36. The molecule has 1 aromatic carbocycles. The number of carbonyl (C=O) groups is 1. The Bertz CT molecular complexity index is 421. The molecule has 1 N–H and O–H groups in total. The monoisotopic (exact) mass is 323 g/mol. The summed E-state index contributed by atoms with van der Waals surface area (Å²) in [5, 5.41) is 2.54. The summed E-state index contributed by atoms with van der Waals surface area (Å²) < 4.78 is 38.2. The molecule has 0 spiro atoms. The Hall–Kier alpha value is -1.00. The molecule has 1 amide bonds. The van der Waals surface area contributed by atoms with Crippen LogP contribution in [0.25, 0.3) is 0 Å². The molecule has 0 aliphatic carbocycles. The van der Waals surface area contributed by atoms with E-state index < -0.39 is 23.3 Å². The van der Waals surface area contributed by atoms with Crippen LogP contribution < -0.4 is 9.78 Å². The number of hydrogen-bond acceptors (Lipinski definition) is 1. The van der Waals surface area contributed by atoms with Gasteiger partial charge in [0.1, 0.15) is 0 Å². The summed E-state index contributed by atoms with van der Waals surface area (Å²) in [6.07, 6.45) is -5.09. The molecule has 1 fully saturated rings. The normalized spacial score (nSPS) is 24.1. The molecule has 98 valence electrons. The molecule has 1 aliphatic rings. The van der Waals surface area contributed by atoms with Crippen LogP contribution in [0.4, 0.5) is 13.2 Å². The summed E-state index contributed by atoms with van der Waals surface area (Å²) in [5.41, 5.74) is 0. The second-order valence-electron chi connectivity index (χ2n) is 4.18. The van der Waals surface area contributed by atoms with E-state index in [-0.39, 0.29) is 27.4 Å². The Morgan fingerprint density at radius 1 is 1.28 bits per heavy atom. The molecule has 0 aromatic heterocycles. The fourth-order valence-electron chi connectivity index (χ4n) is 1.93. The van der Waals surface area contributed by atoms with E-state index in [4.69, 9.17) is 0 Å². The van der Waals surface area contributed by atoms with E-state index in [0.717, 1.165) is 4.46 Å². The van der Waals surface area contributed by atoms with Crippen molar-refractivity contribution in [3.8, 4) is 0 Å². The summed E-state index contributed by atoms with van der Waals surface area (Å²) in [5.74, 6) is -0.870. The third kappa shape index (κ3) is 3.50. The second-order valence-corrected chi connectivity index (χ2v) is 6.73. The summed E-state index contributed by atoms with van der Waals surface area (Å²) in [6, 6.07) is 9.24. The van der Waals surface area contributed by atoms with Crippen LogP contribution in [0.2, 0.25) is 4.82 Å². The van der Waals surface area contributed by atoms with Crippen LogP contribution in [-0.4, -0.2) is 33.6 Å². The van der Waals surface area contributed by atoms with Crippen LogP contribution >= 0.6 is 0 Å². The maximum atomic E-state index is 12.4. The van der Waals surface area contributed by atoms with Gasteiger partial charge in [-0.2, -0.15) is 0 Å². The Morgan fingerprint density at radius 2 is 1.94 bits per heavy atom. The third-order valence-corrected chi connectivity index (χ3v) is 5.66. The number of amides is 1. The summed E-state index contributed by atoms with van der Waals surface area (Å²) in [4.78, 5) is 11.1. The maximum absolute atomic E-state index is 12.4. The van der Waals surface area contributed by atoms with E-state index in [1.54, 1.807) is 0 Å². The van der Waals surface area contributed by atoms with E-state index in [1.165, 1.54) is 0 Å². The first-order chi connectivity index (χ1) is 8.46. The van der Waals surface area contributed by atoms with Crippen LogP contribution in [-0.2, 0) is 4.79 Å². The van der Waals surface area contributed by atoms with Gasteiger partial charge in [-0.3, -0.25) is 0 Å². The molecule has 2 rings (SSSR count). The van der Waals surface area contributed by atoms with Gasteiger partial charge in [0.2, 0.25) is 0 Å². The Labute approximate surface area is 109 Å². The predicted molar refractivity (Wildman–Crippen MR) is 62.8 cm³/mol. The van der Waals surface area contributed by atoms with Gasteiger partial charge in [0.25, 0.3) is 0 Å². The number of benzene rings is 1. The standard InChI is InChI=1S/C12H12F3NOSe/c13-12(14,15)6-8-7-16-11(17)10(8)18-9-4-2-1-3-5-9/h1-5,8,10H,6-7H2,(H,16,17). The van der Waals surface area contributed by atoms with Gasteiger partial charge in [-0.1, -0.05) is 0 Å². The molecule has 0 saturated carbocycles. The molecule has 0 bridgehead atoms. The SMILES string of the molecule is O=C1NCC(CC(F)(F)F)C1[Se]c1ccccc1. The summed E-state index contributed by atoms with van der Waals surface area (Å²) in [7, 11) is 0. The average molecular weight is 322 g/mol. The quantitative estimate of drug-likeness (QED) is 0.840. The number of alkyl halides is 3. The molecule has 2 nitrogen and oxygen atoms in total. The van der Waals surface area contributed by atoms with Crippen molar-refractivity contribution in [1.29, 1.82) is 0 Å². The number of carbonyl (C=O) groups excluding carboxylic acids is 1. The van der Waals surface area contributed by atoms with E-state index in [1.807, 2.05) is 30.3 Å². The van der Waals surface area contributed by atoms with Crippen molar-refractivity contribution in [3.05, 3.63) is 30.3 Å². The Kier molecular flexibility index (Phi) is 3.97. The average Bonchev–Trinajstić information content (AvgIpc) is 2.61. The van der Waals surface area contributed by atoms with Crippen LogP contribution in [0.3, 0.4) is 0 Å². The van der Waals surface area contributed by atoms with Gasteiger partial charge in [-0.05, 0) is 0 Å². The number of halogens is 3. The molecular formula is C12H12F3NOSe. The van der Waals surface area contributed by atoms with Crippen molar-refractivity contribution in [2.75, 3.05) is 6.54 Å². The van der Waals surface area contributed by atoms with Crippen molar-refractivity contribution in [2.24, 2.45) is 5.92 Å². The Balaban J connectivity index is 2.06. The van der Waals surface area contributed by atoms with Crippen molar-refractivity contribution < 1.29 is 18.0 Å². The van der Waals surface area contributed by atoms with Gasteiger partial charge in [-0.25, -0.2) is 0 Å². The first-order valence-electron chi connectivity index (χ1n) is 5.52. The molecule has 2 unspecified atom stereocenters. The molecule has 1 aliphatic heterocycles. The summed E-state index contributed by atoms with van der Waals surface area (Å²) in [6.45, 7) is 0.137. The van der Waals surface area contributed by atoms with Crippen molar-refractivity contribution in [3.63, 3.8) is 0 Å². The van der Waals surface area contributed by atoms with E-state index in [2.05, 4.69) is 5.32 Å². The first kappa shape index (κ1) is 13.4. The molecule has 1 aromatic rings. The van der Waals surface area contributed by atoms with Crippen LogP contribution in [0.1, 0.15) is 6.42 Å². The zero-order valence-corrected chi connectivity index (χ0v) is 11.1. The van der Waals surface area contributed by atoms with E-state index >= 15 is 0 Å². The van der Waals surface area contributed by atoms with Gasteiger partial charge in [0, 0.05) is 0 Å². The molecule has 0 radical (unpaired) electrons. The molecule has 18 heavy (non-hydrogen) atoms. The fourth-order valence-corrected chi connectivity index (χ4v) is 4.41. The van der Waals surface area contributed by atoms with Gasteiger partial charge in [0.15, 0.2) is 0 Å². The van der Waals surface area contributed by atoms with E-state index in [9.17, 15) is 18.0 Å². The van der Waals surface area contributed by atoms with Crippen LogP contribution in [0.15, 0.2) is 30.3 Å². The fraction of sp³-hybridized carbons (Fsp3) is 0.417. The van der Waals surface area contributed by atoms with Crippen LogP contribution in [0, 0.1) is 5.92 Å². The molecule has 6 heteroatoms. The summed E-state index contributed by atoms with van der Waals surface area (Å²) >= 11 is -0.252. The zero-order valence-electron chi connectivity index (χ0n) is 9.41. The van der Waals surface area contributed by atoms with Crippen molar-refractivity contribution in [2.45, 2.75) is 17.4 Å². The molecule has 2 atom stereocenters. The predicted octanol–water partition coefficient (Wildman–Crippen LogP) is 1.50. The van der Waals surface area contributed by atoms with Gasteiger partial charge < -0.3 is 0 Å². The number of hydrogen-bond donors (Lipinski definition) is 1. The van der Waals surface area contributed by atoms with E-state index in [0.29, 0.717) is 0 Å². The zero-order chi connectivity index (χ0) is 13.2. The van der Waals surface area contributed by atoms with Crippen LogP contribution in [0.5, 0.6) is 0 Å². The van der Waals surface area contributed by atoms with Gasteiger partial charge >= 0.3 is 109 Å². The third-order valence-electron chi connectivity index (χ3n) is 2.72. The second kappa shape index (κ2) is 5.33. The molecule has 1 saturated heterocycles. The van der Waals surface area contributed by atoms with Crippen molar-refractivity contribution >= 4 is 25.3 Å². The topological polar surface area (TPSA) is 29.1 Å². The number of rotatable bonds is 3. The minimum atomic E-state index is -4.21. The van der Waals surface area contributed by atoms with Gasteiger partial charge in [-0.15, -0.1) is 0 Å². The minimum absolute atomic E-state index is 0.137. The Morgan fingerprint density at radius 3 is 2.56 bits per heavy atom. The van der Waals surface area contributed by atoms with Gasteiger partial charge in [0.05, 0.1) is 0 Å². The molecule has 1 heterocycles. The number of nitrogens with one attached hydrogen (secondary N) is 1.